The highest BCUT2D eigenvalue weighted by Crippen LogP contribution is 2.32. The van der Waals surface area contributed by atoms with Crippen LogP contribution < -0.4 is 14.4 Å². The van der Waals surface area contributed by atoms with E-state index in [-0.39, 0.29) is 27.6 Å². The molecule has 0 saturated heterocycles. The number of aliphatic hydroxyl groups excluding tert-OH is 1. The summed E-state index contributed by atoms with van der Waals surface area (Å²) in [6.07, 6.45) is 9.23. The van der Waals surface area contributed by atoms with Crippen LogP contribution in [-0.4, -0.2) is 63.1 Å². The quantitative estimate of drug-likeness (QED) is 0.108. The van der Waals surface area contributed by atoms with Crippen LogP contribution in [0.3, 0.4) is 0 Å². The van der Waals surface area contributed by atoms with Crippen LogP contribution in [0.4, 0.5) is 5.69 Å². The Hall–Kier alpha value is -3.62. The summed E-state index contributed by atoms with van der Waals surface area (Å²) in [4.78, 5) is 11.5. The Morgan fingerprint density at radius 1 is 0.722 bits per heavy atom. The molecule has 0 aliphatic heterocycles. The second-order valence-corrected chi connectivity index (χ2v) is 15.9. The van der Waals surface area contributed by atoms with Crippen molar-refractivity contribution in [2.24, 2.45) is 0 Å². The Morgan fingerprint density at radius 3 is 1.69 bits per heavy atom. The van der Waals surface area contributed by atoms with Gasteiger partial charge in [-0.25, -0.2) is 9.97 Å². The molecular formula is C42H47Br2N3O5S2. The van der Waals surface area contributed by atoms with Crippen LogP contribution in [-0.2, 0) is 15.9 Å². The molecule has 2 heterocycles. The van der Waals surface area contributed by atoms with Crippen LogP contribution >= 0.6 is 54.5 Å². The van der Waals surface area contributed by atoms with Gasteiger partial charge in [0.25, 0.3) is 0 Å². The third-order valence-corrected chi connectivity index (χ3v) is 11.4. The van der Waals surface area contributed by atoms with E-state index in [4.69, 9.17) is 28.9 Å². The Bertz CT molecular complexity index is 2220. The maximum Gasteiger partial charge on any atom is 0.188 e. The van der Waals surface area contributed by atoms with Gasteiger partial charge < -0.3 is 29.0 Å². The molecule has 8 nitrogen and oxygen atoms in total. The van der Waals surface area contributed by atoms with E-state index in [2.05, 4.69) is 93.9 Å². The Balaban J connectivity index is 0.000000238. The highest BCUT2D eigenvalue weighted by atomic mass is 79.9. The van der Waals surface area contributed by atoms with Crippen LogP contribution in [0.1, 0.15) is 52.2 Å². The van der Waals surface area contributed by atoms with Crippen molar-refractivity contribution in [2.45, 2.75) is 34.6 Å². The topological polar surface area (TPSA) is 86.2 Å². The molecular weight excluding hydrogens is 850 g/mol. The first-order valence-electron chi connectivity index (χ1n) is 16.9. The molecule has 286 valence electrons. The van der Waals surface area contributed by atoms with Gasteiger partial charge in [0, 0.05) is 33.5 Å². The third-order valence-electron chi connectivity index (χ3n) is 8.23. The molecule has 54 heavy (non-hydrogen) atoms. The summed E-state index contributed by atoms with van der Waals surface area (Å²) in [5.74, 6) is 1.51. The number of nitrogens with zero attached hydrogens (tertiary/aromatic N) is 3. The lowest BCUT2D eigenvalue weighted by atomic mass is 10.1. The number of thiazole rings is 2. The number of aryl methyl sites for hydroxylation is 3. The van der Waals surface area contributed by atoms with Gasteiger partial charge in [-0.1, -0.05) is 38.6 Å². The summed E-state index contributed by atoms with van der Waals surface area (Å²) >= 11 is 10.4. The normalized spacial score (nSPS) is 11.3. The summed E-state index contributed by atoms with van der Waals surface area (Å²) in [6, 6.07) is 20.6. The standard InChI is InChI=1S/C21H23BrN2O3S.C20H20BrNO2S.CH4/c1-14-10-17-20(12-18(14)24(2)8-9-25)28-21(23-17)7-5-15-4-6-19(16(22)11-15)27-13-26-3;1-4-15-11-19-17(9-13(15)2)22-20(25-19)8-6-14-5-7-18(16(21)10-14)24-12-23-3;/h4-7,10-12,25H,8-9,13H2,1-3H3;5-11H,4,12H2,1-3H3;1H4/b7-5+;8-6+;. The molecule has 1 N–H and O–H groups in total. The molecule has 0 amide bonds. The molecule has 0 saturated carbocycles. The second kappa shape index (κ2) is 20.9. The van der Waals surface area contributed by atoms with Gasteiger partial charge in [-0.3, -0.25) is 0 Å². The van der Waals surface area contributed by atoms with Crippen molar-refractivity contribution in [3.05, 3.63) is 107 Å². The zero-order chi connectivity index (χ0) is 37.9. The number of anilines is 1. The van der Waals surface area contributed by atoms with Gasteiger partial charge in [0.2, 0.25) is 0 Å². The van der Waals surface area contributed by atoms with Crippen molar-refractivity contribution < 1.29 is 24.1 Å². The monoisotopic (exact) mass is 895 g/mol. The first-order chi connectivity index (χ1) is 25.6. The zero-order valence-corrected chi connectivity index (χ0v) is 35.4. The fourth-order valence-electron chi connectivity index (χ4n) is 5.48. The summed E-state index contributed by atoms with van der Waals surface area (Å²) < 4.78 is 25.0. The van der Waals surface area contributed by atoms with Crippen LogP contribution in [0.2, 0.25) is 0 Å². The number of rotatable bonds is 14. The number of aromatic nitrogens is 2. The first-order valence-corrected chi connectivity index (χ1v) is 20.2. The first kappa shape index (κ1) is 43.1. The predicted octanol–water partition coefficient (Wildman–Crippen LogP) is 11.7. The highest BCUT2D eigenvalue weighted by molar-refractivity contribution is 9.11. The SMILES string of the molecule is C.CCc1cc2sc(/C=C/c3ccc(OCOC)c(Br)c3)nc2cc1C.COCOc1ccc(/C=C/c2nc3cc(C)c(N(C)CCO)cc3s2)cc1Br. The Labute approximate surface area is 343 Å². The number of methoxy groups -OCH3 is 2. The summed E-state index contributed by atoms with van der Waals surface area (Å²) in [7, 11) is 5.19. The van der Waals surface area contributed by atoms with E-state index in [9.17, 15) is 5.11 Å². The summed E-state index contributed by atoms with van der Waals surface area (Å²) in [5, 5.41) is 11.1. The van der Waals surface area contributed by atoms with E-state index in [0.29, 0.717) is 6.54 Å². The Morgan fingerprint density at radius 2 is 1.22 bits per heavy atom. The minimum atomic E-state index is 0. The van der Waals surface area contributed by atoms with Crippen LogP contribution in [0.15, 0.2) is 69.6 Å². The lowest BCUT2D eigenvalue weighted by molar-refractivity contribution is 0.0504. The van der Waals surface area contributed by atoms with Gasteiger partial charge in [0.1, 0.15) is 21.5 Å². The van der Waals surface area contributed by atoms with Crippen molar-refractivity contribution in [2.75, 3.05) is 52.9 Å². The van der Waals surface area contributed by atoms with E-state index in [1.807, 2.05) is 55.6 Å². The molecule has 0 radical (unpaired) electrons. The van der Waals surface area contributed by atoms with Gasteiger partial charge in [-0.15, -0.1) is 22.7 Å². The molecule has 0 aliphatic rings. The molecule has 6 rings (SSSR count). The molecule has 0 aliphatic carbocycles. The fraction of sp³-hybridized carbons (Fsp3) is 0.286. The van der Waals surface area contributed by atoms with E-state index in [1.165, 1.54) is 15.8 Å². The third kappa shape index (κ3) is 11.5. The molecule has 0 bridgehead atoms. The second-order valence-electron chi connectivity index (χ2n) is 12.1. The van der Waals surface area contributed by atoms with Gasteiger partial charge in [-0.05, 0) is 141 Å². The molecule has 4 aromatic carbocycles. The highest BCUT2D eigenvalue weighted by Gasteiger charge is 2.10. The van der Waals surface area contributed by atoms with Crippen LogP contribution in [0.25, 0.3) is 44.7 Å². The Kier molecular flexibility index (Phi) is 16.7. The van der Waals surface area contributed by atoms with E-state index in [1.54, 1.807) is 36.9 Å². The molecule has 0 unspecified atom stereocenters. The largest absolute Gasteiger partial charge is 0.466 e. The lowest BCUT2D eigenvalue weighted by Gasteiger charge is -2.20. The smallest absolute Gasteiger partial charge is 0.188 e. The van der Waals surface area contributed by atoms with Crippen molar-refractivity contribution in [3.8, 4) is 11.5 Å². The minimum absolute atomic E-state index is 0. The average Bonchev–Trinajstić information content (AvgIpc) is 3.74. The van der Waals surface area contributed by atoms with Gasteiger partial charge in [0.05, 0.1) is 36.0 Å². The van der Waals surface area contributed by atoms with Crippen molar-refractivity contribution in [1.29, 1.82) is 0 Å². The molecule has 0 atom stereocenters. The van der Waals surface area contributed by atoms with E-state index >= 15 is 0 Å². The average molecular weight is 898 g/mol. The number of ether oxygens (including phenoxy) is 4. The zero-order valence-electron chi connectivity index (χ0n) is 30.6. The van der Waals surface area contributed by atoms with Crippen LogP contribution in [0, 0.1) is 13.8 Å². The predicted molar refractivity (Wildman–Crippen MR) is 236 cm³/mol. The van der Waals surface area contributed by atoms with Crippen molar-refractivity contribution in [3.63, 3.8) is 0 Å². The van der Waals surface area contributed by atoms with Crippen molar-refractivity contribution >= 4 is 105 Å². The molecule has 6 aromatic rings. The van der Waals surface area contributed by atoms with Gasteiger partial charge in [0.15, 0.2) is 13.6 Å². The maximum atomic E-state index is 9.19. The number of fused-ring (bicyclic) bond motifs is 2. The molecule has 0 spiro atoms. The minimum Gasteiger partial charge on any atom is -0.466 e. The summed E-state index contributed by atoms with van der Waals surface area (Å²) in [5.41, 5.74) is 9.18. The van der Waals surface area contributed by atoms with Gasteiger partial charge in [-0.2, -0.15) is 0 Å². The number of hydrogen-bond donors (Lipinski definition) is 1. The van der Waals surface area contributed by atoms with Gasteiger partial charge >= 0.3 is 0 Å². The number of aliphatic hydroxyl groups is 1. The van der Waals surface area contributed by atoms with E-state index < -0.39 is 0 Å². The number of likely N-dealkylation sites (N-methyl/N-ethyl adjacent to an activating group) is 1. The fourth-order valence-corrected chi connectivity index (χ4v) is 8.31. The lowest BCUT2D eigenvalue weighted by Crippen LogP contribution is -2.21. The van der Waals surface area contributed by atoms with Crippen LogP contribution in [0.5, 0.6) is 11.5 Å². The summed E-state index contributed by atoms with van der Waals surface area (Å²) in [6.45, 7) is 7.60. The van der Waals surface area contributed by atoms with E-state index in [0.717, 1.165) is 75.0 Å². The van der Waals surface area contributed by atoms with Crippen molar-refractivity contribution in [1.82, 2.24) is 9.97 Å². The number of halogens is 2. The molecule has 0 fully saturated rings. The number of hydrogen-bond acceptors (Lipinski definition) is 10. The maximum absolute atomic E-state index is 9.19. The molecule has 12 heteroatoms. The number of benzene rings is 4. The molecule has 2 aromatic heterocycles.